The minimum absolute atomic E-state index is 0.143. The third-order valence-electron chi connectivity index (χ3n) is 6.85. The largest absolute Gasteiger partial charge is 0.496 e. The second-order valence-corrected chi connectivity index (χ2v) is 8.00. The second kappa shape index (κ2) is 5.76. The Morgan fingerprint density at radius 3 is 2.67 bits per heavy atom. The number of rotatable bonds is 2. The molecular formula is C20H28N2O2. The Bertz CT molecular complexity index is 646. The summed E-state index contributed by atoms with van der Waals surface area (Å²) in [5.41, 5.74) is 0.930. The Morgan fingerprint density at radius 1 is 1.21 bits per heavy atom. The van der Waals surface area contributed by atoms with E-state index in [1.54, 1.807) is 7.11 Å². The number of amides is 1. The van der Waals surface area contributed by atoms with E-state index in [9.17, 15) is 4.79 Å². The smallest absolute Gasteiger partial charge is 0.257 e. The van der Waals surface area contributed by atoms with Gasteiger partial charge in [0, 0.05) is 30.1 Å². The van der Waals surface area contributed by atoms with Crippen LogP contribution < -0.4 is 4.74 Å². The van der Waals surface area contributed by atoms with Crippen molar-refractivity contribution in [3.63, 3.8) is 0 Å². The van der Waals surface area contributed by atoms with Crippen molar-refractivity contribution in [2.24, 2.45) is 5.41 Å². The molecule has 4 atom stereocenters. The first-order valence-electron chi connectivity index (χ1n) is 9.22. The predicted molar refractivity (Wildman–Crippen MR) is 94.3 cm³/mol. The van der Waals surface area contributed by atoms with Crippen molar-refractivity contribution >= 4 is 5.91 Å². The van der Waals surface area contributed by atoms with Gasteiger partial charge in [-0.3, -0.25) is 9.69 Å². The molecule has 1 saturated carbocycles. The Balaban J connectivity index is 1.72. The maximum absolute atomic E-state index is 13.4. The van der Waals surface area contributed by atoms with Gasteiger partial charge < -0.3 is 9.64 Å². The summed E-state index contributed by atoms with van der Waals surface area (Å²) in [5, 5.41) is 0. The van der Waals surface area contributed by atoms with Gasteiger partial charge in [0.2, 0.25) is 0 Å². The van der Waals surface area contributed by atoms with E-state index in [1.807, 2.05) is 24.3 Å². The first kappa shape index (κ1) is 15.9. The third kappa shape index (κ3) is 2.19. The molecule has 4 heteroatoms. The zero-order valence-electron chi connectivity index (χ0n) is 15.0. The molecule has 0 N–H and O–H groups in total. The van der Waals surface area contributed by atoms with Crippen LogP contribution in [0.3, 0.4) is 0 Å². The molecule has 1 aromatic carbocycles. The normalized spacial score (nSPS) is 35.6. The summed E-state index contributed by atoms with van der Waals surface area (Å²) in [6.45, 7) is 3.27. The van der Waals surface area contributed by atoms with E-state index in [4.69, 9.17) is 4.74 Å². The Hall–Kier alpha value is -1.55. The number of hydrogen-bond donors (Lipinski definition) is 0. The van der Waals surface area contributed by atoms with Crippen LogP contribution in [0.2, 0.25) is 0 Å². The number of para-hydroxylation sites is 1. The maximum atomic E-state index is 13.4. The van der Waals surface area contributed by atoms with E-state index < -0.39 is 0 Å². The summed E-state index contributed by atoms with van der Waals surface area (Å²) >= 11 is 0. The minimum Gasteiger partial charge on any atom is -0.496 e. The molecule has 1 amide bonds. The molecule has 4 rings (SSSR count). The lowest BCUT2D eigenvalue weighted by Crippen LogP contribution is -2.55. The van der Waals surface area contributed by atoms with Crippen LogP contribution >= 0.6 is 0 Å². The molecule has 3 aliphatic rings. The lowest BCUT2D eigenvalue weighted by atomic mass is 9.71. The molecule has 0 unspecified atom stereocenters. The lowest BCUT2D eigenvalue weighted by Gasteiger charge is -2.46. The average Bonchev–Trinajstić information content (AvgIpc) is 2.72. The molecule has 0 aromatic heterocycles. The fourth-order valence-electron chi connectivity index (χ4n) is 5.66. The summed E-state index contributed by atoms with van der Waals surface area (Å²) in [5.74, 6) is 0.827. The van der Waals surface area contributed by atoms with Crippen molar-refractivity contribution < 1.29 is 9.53 Å². The van der Waals surface area contributed by atoms with E-state index in [-0.39, 0.29) is 11.3 Å². The maximum Gasteiger partial charge on any atom is 0.257 e. The highest BCUT2D eigenvalue weighted by Gasteiger charge is 2.58. The standard InChI is InChI=1S/C20H28N2O2/c1-20-12-14-13-22(18(20)11-7-6-10-17(20)21(14)2)19(23)15-8-4-5-9-16(15)24-3/h4-5,8-9,14,17-18H,6-7,10-13H2,1-3H3/t14-,17-,18+,20-/m0/s1. The number of fused-ring (bicyclic) bond motifs is 1. The second-order valence-electron chi connectivity index (χ2n) is 8.00. The molecule has 2 aliphatic heterocycles. The highest BCUT2D eigenvalue weighted by atomic mass is 16.5. The fourth-order valence-corrected chi connectivity index (χ4v) is 5.66. The quantitative estimate of drug-likeness (QED) is 0.836. The van der Waals surface area contributed by atoms with Gasteiger partial charge in [0.1, 0.15) is 5.75 Å². The van der Waals surface area contributed by atoms with Crippen molar-refractivity contribution in [3.8, 4) is 5.75 Å². The van der Waals surface area contributed by atoms with Crippen LogP contribution in [-0.4, -0.2) is 54.5 Å². The molecule has 1 aromatic rings. The number of carbonyl (C=O) groups excluding carboxylic acids is 1. The van der Waals surface area contributed by atoms with Gasteiger partial charge in [-0.15, -0.1) is 0 Å². The number of likely N-dealkylation sites (N-methyl/N-ethyl adjacent to an activating group) is 1. The Labute approximate surface area is 144 Å². The minimum atomic E-state index is 0.143. The first-order valence-corrected chi connectivity index (χ1v) is 9.22. The number of benzene rings is 1. The van der Waals surface area contributed by atoms with Crippen molar-refractivity contribution in [2.45, 2.75) is 57.2 Å². The van der Waals surface area contributed by atoms with Gasteiger partial charge in [-0.05, 0) is 38.4 Å². The molecule has 3 fully saturated rings. The van der Waals surface area contributed by atoms with Gasteiger partial charge in [-0.1, -0.05) is 31.9 Å². The average molecular weight is 328 g/mol. The summed E-state index contributed by atoms with van der Waals surface area (Å²) in [4.78, 5) is 18.1. The SMILES string of the molecule is COc1ccccc1C(=O)N1C[C@@H]2C[C@@]3(C)[C@H](CCCC[C@@H]13)N2C. The number of ether oxygens (including phenoxy) is 1. The van der Waals surface area contributed by atoms with E-state index in [0.29, 0.717) is 29.4 Å². The van der Waals surface area contributed by atoms with Crippen LogP contribution in [0.4, 0.5) is 0 Å². The van der Waals surface area contributed by atoms with Gasteiger partial charge in [0.05, 0.1) is 12.7 Å². The molecule has 2 bridgehead atoms. The van der Waals surface area contributed by atoms with Crippen LogP contribution in [0, 0.1) is 5.41 Å². The molecule has 0 radical (unpaired) electrons. The van der Waals surface area contributed by atoms with Crippen LogP contribution in [0.25, 0.3) is 0 Å². The Morgan fingerprint density at radius 2 is 1.92 bits per heavy atom. The first-order chi connectivity index (χ1) is 11.6. The third-order valence-corrected chi connectivity index (χ3v) is 6.85. The van der Waals surface area contributed by atoms with E-state index in [1.165, 1.54) is 25.7 Å². The van der Waals surface area contributed by atoms with E-state index >= 15 is 0 Å². The van der Waals surface area contributed by atoms with Crippen molar-refractivity contribution in [2.75, 3.05) is 20.7 Å². The van der Waals surface area contributed by atoms with E-state index in [2.05, 4.69) is 23.8 Å². The monoisotopic (exact) mass is 328 g/mol. The van der Waals surface area contributed by atoms with Gasteiger partial charge in [0.25, 0.3) is 5.91 Å². The van der Waals surface area contributed by atoms with Crippen LogP contribution in [0.1, 0.15) is 49.4 Å². The topological polar surface area (TPSA) is 32.8 Å². The fraction of sp³-hybridized carbons (Fsp3) is 0.650. The molecule has 130 valence electrons. The number of nitrogens with zero attached hydrogens (tertiary/aromatic N) is 2. The van der Waals surface area contributed by atoms with E-state index in [0.717, 1.165) is 13.0 Å². The predicted octanol–water partition coefficient (Wildman–Crippen LogP) is 3.17. The summed E-state index contributed by atoms with van der Waals surface area (Å²) in [6, 6.07) is 9.10. The number of likely N-dealkylation sites (tertiary alicyclic amines) is 2. The molecule has 2 saturated heterocycles. The number of carbonyl (C=O) groups is 1. The highest BCUT2D eigenvalue weighted by Crippen LogP contribution is 2.53. The molecular weight excluding hydrogens is 300 g/mol. The highest BCUT2D eigenvalue weighted by molar-refractivity contribution is 5.97. The van der Waals surface area contributed by atoms with Gasteiger partial charge in [-0.25, -0.2) is 0 Å². The summed E-state index contributed by atoms with van der Waals surface area (Å²) < 4.78 is 5.44. The molecule has 24 heavy (non-hydrogen) atoms. The van der Waals surface area contributed by atoms with Gasteiger partial charge in [-0.2, -0.15) is 0 Å². The summed E-state index contributed by atoms with van der Waals surface area (Å²) in [7, 11) is 3.91. The number of hydrogen-bond acceptors (Lipinski definition) is 3. The molecule has 0 spiro atoms. The Kier molecular flexibility index (Phi) is 3.83. The lowest BCUT2D eigenvalue weighted by molar-refractivity contribution is 0.0281. The van der Waals surface area contributed by atoms with Gasteiger partial charge in [0.15, 0.2) is 0 Å². The van der Waals surface area contributed by atoms with Crippen molar-refractivity contribution in [1.82, 2.24) is 9.80 Å². The molecule has 2 heterocycles. The molecule has 4 nitrogen and oxygen atoms in total. The number of methoxy groups -OCH3 is 1. The molecule has 1 aliphatic carbocycles. The van der Waals surface area contributed by atoms with Crippen LogP contribution in [-0.2, 0) is 0 Å². The van der Waals surface area contributed by atoms with Crippen molar-refractivity contribution in [3.05, 3.63) is 29.8 Å². The zero-order chi connectivity index (χ0) is 16.9. The zero-order valence-corrected chi connectivity index (χ0v) is 15.0. The van der Waals surface area contributed by atoms with Crippen LogP contribution in [0.5, 0.6) is 5.75 Å². The summed E-state index contributed by atoms with van der Waals surface area (Å²) in [6.07, 6.45) is 6.15. The van der Waals surface area contributed by atoms with Gasteiger partial charge >= 0.3 is 0 Å². The van der Waals surface area contributed by atoms with Crippen molar-refractivity contribution in [1.29, 1.82) is 0 Å². The van der Waals surface area contributed by atoms with Crippen LogP contribution in [0.15, 0.2) is 24.3 Å². The number of piperidine rings is 1.